The first-order chi connectivity index (χ1) is 10.1. The Morgan fingerprint density at radius 3 is 2.48 bits per heavy atom. The molecule has 1 fully saturated rings. The second-order valence-electron chi connectivity index (χ2n) is 5.49. The number of carbonyl (C=O) groups excluding carboxylic acids is 1. The molecule has 0 saturated heterocycles. The largest absolute Gasteiger partial charge is 0.497 e. The molecule has 0 unspecified atom stereocenters. The average molecular weight is 284 g/mol. The number of hydrogen-bond donors (Lipinski definition) is 1. The molecule has 1 heterocycles. The molecule has 1 N–H and O–H groups in total. The summed E-state index contributed by atoms with van der Waals surface area (Å²) in [5, 5.41) is 2.92. The number of carbonyl (C=O) groups is 1. The second kappa shape index (κ2) is 5.20. The first kappa shape index (κ1) is 13.6. The lowest BCUT2D eigenvalue weighted by atomic mass is 9.95. The Labute approximate surface area is 125 Å². The van der Waals surface area contributed by atoms with Gasteiger partial charge in [0.05, 0.1) is 12.5 Å². The highest BCUT2D eigenvalue weighted by Gasteiger charge is 2.51. The fourth-order valence-electron chi connectivity index (χ4n) is 2.46. The van der Waals surface area contributed by atoms with Crippen LogP contribution in [0.1, 0.15) is 25.4 Å². The van der Waals surface area contributed by atoms with E-state index in [0.29, 0.717) is 5.82 Å². The molecule has 1 amide bonds. The summed E-state index contributed by atoms with van der Waals surface area (Å²) in [6.07, 6.45) is 3.50. The van der Waals surface area contributed by atoms with Crippen LogP contribution in [-0.4, -0.2) is 18.0 Å². The van der Waals surface area contributed by atoms with Crippen molar-refractivity contribution in [1.29, 1.82) is 0 Å². The van der Waals surface area contributed by atoms with Crippen LogP contribution in [0, 0.1) is 6.92 Å². The molecule has 0 spiro atoms. The normalized spacial score (nSPS) is 15.3. The molecule has 1 aromatic heterocycles. The highest BCUT2D eigenvalue weighted by Crippen LogP contribution is 2.49. The van der Waals surface area contributed by atoms with Crippen LogP contribution in [0.5, 0.6) is 5.75 Å². The maximum absolute atomic E-state index is 12.6. The van der Waals surface area contributed by atoms with Crippen LogP contribution in [0.2, 0.25) is 0 Å². The third kappa shape index (κ3) is 2.61. The molecule has 3 rings (SSSR count). The molecule has 2 aromatic rings. The van der Waals surface area contributed by atoms with Gasteiger partial charge in [-0.3, -0.25) is 4.79 Å². The van der Waals surface area contributed by atoms with Gasteiger partial charge in [0.2, 0.25) is 5.91 Å². The first-order valence-electron chi connectivity index (χ1n) is 7.03. The molecule has 21 heavy (non-hydrogen) atoms. The van der Waals surface area contributed by atoms with E-state index in [1.807, 2.05) is 43.3 Å². The topological polar surface area (TPSA) is 51.2 Å². The molecule has 0 atom stereocenters. The minimum Gasteiger partial charge on any atom is -0.497 e. The van der Waals surface area contributed by atoms with Gasteiger partial charge in [-0.25, -0.2) is 4.98 Å². The first-order valence-corrected chi connectivity index (χ1v) is 7.03. The van der Waals surface area contributed by atoms with E-state index in [1.54, 1.807) is 13.3 Å². The van der Waals surface area contributed by atoms with Crippen molar-refractivity contribution in [2.24, 2.45) is 0 Å². The molecular weight excluding hydrogens is 264 g/mol. The monoisotopic (exact) mass is 284 g/mol. The predicted octanol–water partition coefficient (Wildman–Crippen LogP) is 3.31. The smallest absolute Gasteiger partial charge is 0.236 e. The van der Waals surface area contributed by atoms with Gasteiger partial charge in [-0.15, -0.1) is 0 Å². The summed E-state index contributed by atoms with van der Waals surface area (Å²) < 4.78 is 5.16. The summed E-state index contributed by atoms with van der Waals surface area (Å²) in [5.41, 5.74) is 1.70. The van der Waals surface area contributed by atoms with Crippen molar-refractivity contribution < 1.29 is 11.0 Å². The summed E-state index contributed by atoms with van der Waals surface area (Å²) in [7, 11) is 1.64. The molecule has 0 bridgehead atoms. The van der Waals surface area contributed by atoms with Gasteiger partial charge in [0.25, 0.3) is 0 Å². The van der Waals surface area contributed by atoms with Crippen LogP contribution in [0.3, 0.4) is 0 Å². The lowest BCUT2D eigenvalue weighted by Crippen LogP contribution is -2.28. The summed E-state index contributed by atoms with van der Waals surface area (Å²) in [5.74, 6) is 1.42. The zero-order chi connectivity index (χ0) is 14.9. The highest BCUT2D eigenvalue weighted by molar-refractivity contribution is 6.00. The van der Waals surface area contributed by atoms with Crippen molar-refractivity contribution in [1.82, 2.24) is 4.98 Å². The van der Waals surface area contributed by atoms with Gasteiger partial charge in [0, 0.05) is 7.62 Å². The Balaban J connectivity index is 0.00000176. The molecule has 110 valence electrons. The van der Waals surface area contributed by atoms with Gasteiger partial charge < -0.3 is 10.1 Å². The summed E-state index contributed by atoms with van der Waals surface area (Å²) in [6, 6.07) is 11.5. The molecule has 1 aliphatic carbocycles. The van der Waals surface area contributed by atoms with E-state index in [2.05, 4.69) is 10.3 Å². The second-order valence-corrected chi connectivity index (χ2v) is 5.49. The lowest BCUT2D eigenvalue weighted by molar-refractivity contribution is -0.118. The fourth-order valence-corrected chi connectivity index (χ4v) is 2.46. The fraction of sp³-hybridized carbons (Fsp3) is 0.294. The van der Waals surface area contributed by atoms with E-state index in [9.17, 15) is 4.79 Å². The molecule has 0 radical (unpaired) electrons. The molecule has 1 aliphatic rings. The van der Waals surface area contributed by atoms with E-state index in [0.717, 1.165) is 29.7 Å². The van der Waals surface area contributed by atoms with Crippen molar-refractivity contribution in [2.45, 2.75) is 25.2 Å². The summed E-state index contributed by atoms with van der Waals surface area (Å²) in [6.45, 7) is 1.97. The third-order valence-electron chi connectivity index (χ3n) is 3.98. The number of methoxy groups -OCH3 is 1. The van der Waals surface area contributed by atoms with Gasteiger partial charge in [0.15, 0.2) is 0 Å². The minimum atomic E-state index is -0.404. The number of anilines is 1. The number of nitrogens with zero attached hydrogens (tertiary/aromatic N) is 1. The number of ether oxygens (including phenoxy) is 1. The van der Waals surface area contributed by atoms with Crippen molar-refractivity contribution in [2.75, 3.05) is 12.4 Å². The van der Waals surface area contributed by atoms with Gasteiger partial charge in [-0.05, 0) is 49.1 Å². The van der Waals surface area contributed by atoms with Crippen LogP contribution in [0.4, 0.5) is 5.82 Å². The SMILES string of the molecule is COc1ccc(C2(C(=O)Nc3ccc(C)cn3)CC2)cc1.[HH]. The van der Waals surface area contributed by atoms with Crippen molar-refractivity contribution in [3.05, 3.63) is 53.7 Å². The summed E-state index contributed by atoms with van der Waals surface area (Å²) in [4.78, 5) is 16.8. The van der Waals surface area contributed by atoms with E-state index in [4.69, 9.17) is 4.74 Å². The van der Waals surface area contributed by atoms with Crippen molar-refractivity contribution >= 4 is 11.7 Å². The number of aryl methyl sites for hydroxylation is 1. The Hall–Kier alpha value is -2.36. The van der Waals surface area contributed by atoms with Gasteiger partial charge in [-0.2, -0.15) is 0 Å². The van der Waals surface area contributed by atoms with Crippen molar-refractivity contribution in [3.63, 3.8) is 0 Å². The van der Waals surface area contributed by atoms with Crippen LogP contribution in [0.15, 0.2) is 42.6 Å². The van der Waals surface area contributed by atoms with E-state index in [1.165, 1.54) is 0 Å². The van der Waals surface area contributed by atoms with Crippen LogP contribution in [0.25, 0.3) is 0 Å². The number of hydrogen-bond acceptors (Lipinski definition) is 3. The molecular formula is C17H20N2O2. The molecule has 1 aromatic carbocycles. The Morgan fingerprint density at radius 1 is 1.24 bits per heavy atom. The maximum atomic E-state index is 12.6. The quantitative estimate of drug-likeness (QED) is 0.937. The Kier molecular flexibility index (Phi) is 3.37. The van der Waals surface area contributed by atoms with Gasteiger partial charge >= 0.3 is 0 Å². The van der Waals surface area contributed by atoms with Gasteiger partial charge in [0.1, 0.15) is 11.6 Å². The van der Waals surface area contributed by atoms with Crippen molar-refractivity contribution in [3.8, 4) is 5.75 Å². The maximum Gasteiger partial charge on any atom is 0.236 e. The molecule has 1 saturated carbocycles. The standard InChI is InChI=1S/C17H18N2O2.H2/c1-12-3-8-15(18-11-12)19-16(20)17(9-10-17)13-4-6-14(21-2)7-5-13;/h3-8,11H,9-10H2,1-2H3,(H,18,19,20);1H. The van der Waals surface area contributed by atoms with E-state index < -0.39 is 5.41 Å². The zero-order valence-corrected chi connectivity index (χ0v) is 12.2. The predicted molar refractivity (Wildman–Crippen MR) is 83.6 cm³/mol. The lowest BCUT2D eigenvalue weighted by Gasteiger charge is -2.16. The van der Waals surface area contributed by atoms with E-state index in [-0.39, 0.29) is 7.33 Å². The molecule has 4 nitrogen and oxygen atoms in total. The highest BCUT2D eigenvalue weighted by atomic mass is 16.5. The van der Waals surface area contributed by atoms with Crippen LogP contribution >= 0.6 is 0 Å². The number of rotatable bonds is 4. The Morgan fingerprint density at radius 2 is 1.95 bits per heavy atom. The minimum absolute atomic E-state index is 0. The Bertz CT molecular complexity index is 649. The van der Waals surface area contributed by atoms with Gasteiger partial charge in [-0.1, -0.05) is 18.2 Å². The number of benzene rings is 1. The number of nitrogens with one attached hydrogen (secondary N) is 1. The van der Waals surface area contributed by atoms with E-state index >= 15 is 0 Å². The zero-order valence-electron chi connectivity index (χ0n) is 12.2. The number of pyridine rings is 1. The molecule has 4 heteroatoms. The van der Waals surface area contributed by atoms with Crippen LogP contribution in [-0.2, 0) is 10.2 Å². The number of amides is 1. The average Bonchev–Trinajstić information content (AvgIpc) is 3.31. The summed E-state index contributed by atoms with van der Waals surface area (Å²) >= 11 is 0. The third-order valence-corrected chi connectivity index (χ3v) is 3.98. The molecule has 0 aliphatic heterocycles. The number of aromatic nitrogens is 1. The van der Waals surface area contributed by atoms with Crippen LogP contribution < -0.4 is 10.1 Å².